The highest BCUT2D eigenvalue weighted by molar-refractivity contribution is 6.30. The van der Waals surface area contributed by atoms with Crippen LogP contribution in [0.4, 0.5) is 10.1 Å². The molecule has 110 valence electrons. The molecule has 0 heterocycles. The molecule has 1 atom stereocenters. The van der Waals surface area contributed by atoms with Crippen LogP contribution in [0.2, 0.25) is 5.02 Å². The van der Waals surface area contributed by atoms with Crippen molar-refractivity contribution in [1.29, 1.82) is 0 Å². The first-order chi connectivity index (χ1) is 10.0. The van der Waals surface area contributed by atoms with Crippen LogP contribution in [-0.4, -0.2) is 13.1 Å². The second-order valence-corrected chi connectivity index (χ2v) is 4.98. The summed E-state index contributed by atoms with van der Waals surface area (Å²) in [6, 6.07) is 11.4. The Balaban J connectivity index is 2.25. The van der Waals surface area contributed by atoms with Gasteiger partial charge in [-0.1, -0.05) is 29.8 Å². The molecule has 0 aliphatic heterocycles. The van der Waals surface area contributed by atoms with Crippen molar-refractivity contribution < 1.29 is 13.9 Å². The average molecular weight is 308 g/mol. The van der Waals surface area contributed by atoms with Crippen LogP contribution in [0, 0.1) is 5.82 Å². The molecule has 0 aliphatic rings. The van der Waals surface area contributed by atoms with E-state index in [-0.39, 0.29) is 11.1 Å². The SMILES string of the molecule is COC(=O)c1ccccc1NC(C)c1ccc(F)c(Cl)c1. The van der Waals surface area contributed by atoms with Crippen LogP contribution in [-0.2, 0) is 4.74 Å². The van der Waals surface area contributed by atoms with E-state index in [2.05, 4.69) is 5.32 Å². The molecule has 0 aromatic heterocycles. The normalized spacial score (nSPS) is 11.8. The van der Waals surface area contributed by atoms with Crippen LogP contribution in [0.15, 0.2) is 42.5 Å². The third kappa shape index (κ3) is 3.52. The van der Waals surface area contributed by atoms with Crippen molar-refractivity contribution in [2.75, 3.05) is 12.4 Å². The van der Waals surface area contributed by atoms with Crippen molar-refractivity contribution in [3.05, 3.63) is 64.4 Å². The zero-order valence-electron chi connectivity index (χ0n) is 11.7. The molecule has 0 saturated carbocycles. The zero-order chi connectivity index (χ0) is 15.4. The Hall–Kier alpha value is -2.07. The Morgan fingerprint density at radius 2 is 2.00 bits per heavy atom. The number of ether oxygens (including phenoxy) is 1. The van der Waals surface area contributed by atoms with E-state index in [9.17, 15) is 9.18 Å². The number of carbonyl (C=O) groups excluding carboxylic acids is 1. The van der Waals surface area contributed by atoms with Crippen LogP contribution in [0.5, 0.6) is 0 Å². The van der Waals surface area contributed by atoms with Gasteiger partial charge in [0.05, 0.1) is 17.7 Å². The maximum atomic E-state index is 13.2. The summed E-state index contributed by atoms with van der Waals surface area (Å²) >= 11 is 5.79. The van der Waals surface area contributed by atoms with E-state index in [1.807, 2.05) is 13.0 Å². The number of anilines is 1. The van der Waals surface area contributed by atoms with Gasteiger partial charge in [-0.2, -0.15) is 0 Å². The molecule has 0 saturated heterocycles. The predicted molar refractivity (Wildman–Crippen MR) is 81.2 cm³/mol. The van der Waals surface area contributed by atoms with Crippen LogP contribution in [0.25, 0.3) is 0 Å². The molecule has 2 aromatic carbocycles. The van der Waals surface area contributed by atoms with Crippen molar-refractivity contribution in [3.8, 4) is 0 Å². The summed E-state index contributed by atoms with van der Waals surface area (Å²) in [6.07, 6.45) is 0. The molecule has 3 nitrogen and oxygen atoms in total. The molecule has 0 radical (unpaired) electrons. The molecule has 1 N–H and O–H groups in total. The highest BCUT2D eigenvalue weighted by Gasteiger charge is 2.14. The van der Waals surface area contributed by atoms with E-state index in [1.165, 1.54) is 13.2 Å². The maximum absolute atomic E-state index is 13.2. The molecule has 0 aliphatic carbocycles. The molecule has 2 aromatic rings. The second-order valence-electron chi connectivity index (χ2n) is 4.58. The summed E-state index contributed by atoms with van der Waals surface area (Å²) in [4.78, 5) is 11.7. The minimum atomic E-state index is -0.456. The van der Waals surface area contributed by atoms with Crippen LogP contribution in [0.3, 0.4) is 0 Å². The van der Waals surface area contributed by atoms with Gasteiger partial charge in [0.2, 0.25) is 0 Å². The summed E-state index contributed by atoms with van der Waals surface area (Å²) in [7, 11) is 1.34. The smallest absolute Gasteiger partial charge is 0.339 e. The summed E-state index contributed by atoms with van der Waals surface area (Å²) in [5.74, 6) is -0.870. The monoisotopic (exact) mass is 307 g/mol. The fourth-order valence-electron chi connectivity index (χ4n) is 2.00. The fourth-order valence-corrected chi connectivity index (χ4v) is 2.18. The molecular formula is C16H15ClFNO2. The molecule has 1 unspecified atom stereocenters. The van der Waals surface area contributed by atoms with E-state index in [0.29, 0.717) is 11.3 Å². The summed E-state index contributed by atoms with van der Waals surface area (Å²) < 4.78 is 17.9. The molecule has 0 amide bonds. The Bertz CT molecular complexity index is 660. The lowest BCUT2D eigenvalue weighted by Gasteiger charge is -2.18. The lowest BCUT2D eigenvalue weighted by Crippen LogP contribution is -2.11. The molecule has 0 spiro atoms. The van der Waals surface area contributed by atoms with Gasteiger partial charge in [0.15, 0.2) is 0 Å². The zero-order valence-corrected chi connectivity index (χ0v) is 12.4. The number of hydrogen-bond acceptors (Lipinski definition) is 3. The molecular weight excluding hydrogens is 293 g/mol. The standard InChI is InChI=1S/C16H15ClFNO2/c1-10(11-7-8-14(18)13(17)9-11)19-15-6-4-3-5-12(15)16(20)21-2/h3-10,19H,1-2H3. The predicted octanol–water partition coefficient (Wildman–Crippen LogP) is 4.44. The van der Waals surface area contributed by atoms with Gasteiger partial charge in [-0.15, -0.1) is 0 Å². The molecule has 5 heteroatoms. The Morgan fingerprint density at radius 3 is 2.67 bits per heavy atom. The second kappa shape index (κ2) is 6.59. The number of halogens is 2. The number of rotatable bonds is 4. The van der Waals surface area contributed by atoms with Gasteiger partial charge in [0, 0.05) is 11.7 Å². The topological polar surface area (TPSA) is 38.3 Å². The van der Waals surface area contributed by atoms with Gasteiger partial charge in [0.25, 0.3) is 0 Å². The van der Waals surface area contributed by atoms with Gasteiger partial charge in [-0.05, 0) is 36.8 Å². The van der Waals surface area contributed by atoms with Crippen molar-refractivity contribution in [1.82, 2.24) is 0 Å². The number of benzene rings is 2. The fraction of sp³-hybridized carbons (Fsp3) is 0.188. The Morgan fingerprint density at radius 1 is 1.29 bits per heavy atom. The Kier molecular flexibility index (Phi) is 4.81. The summed E-state index contributed by atoms with van der Waals surface area (Å²) in [6.45, 7) is 1.90. The van der Waals surface area contributed by atoms with Crippen molar-refractivity contribution in [2.45, 2.75) is 13.0 Å². The van der Waals surface area contributed by atoms with Crippen molar-refractivity contribution in [3.63, 3.8) is 0 Å². The number of carbonyl (C=O) groups is 1. The molecule has 2 rings (SSSR count). The molecule has 21 heavy (non-hydrogen) atoms. The minimum Gasteiger partial charge on any atom is -0.465 e. The van der Waals surface area contributed by atoms with E-state index in [0.717, 1.165) is 5.56 Å². The quantitative estimate of drug-likeness (QED) is 0.849. The largest absolute Gasteiger partial charge is 0.465 e. The number of nitrogens with one attached hydrogen (secondary N) is 1. The van der Waals surface area contributed by atoms with E-state index in [1.54, 1.807) is 30.3 Å². The lowest BCUT2D eigenvalue weighted by atomic mass is 10.1. The van der Waals surface area contributed by atoms with Crippen molar-refractivity contribution in [2.24, 2.45) is 0 Å². The van der Waals surface area contributed by atoms with E-state index in [4.69, 9.17) is 16.3 Å². The van der Waals surface area contributed by atoms with Crippen LogP contribution >= 0.6 is 11.6 Å². The summed E-state index contributed by atoms with van der Waals surface area (Å²) in [5, 5.41) is 3.28. The third-order valence-electron chi connectivity index (χ3n) is 3.15. The van der Waals surface area contributed by atoms with E-state index < -0.39 is 11.8 Å². The molecule has 0 fully saturated rings. The highest BCUT2D eigenvalue weighted by Crippen LogP contribution is 2.25. The van der Waals surface area contributed by atoms with Gasteiger partial charge >= 0.3 is 5.97 Å². The van der Waals surface area contributed by atoms with Gasteiger partial charge in [-0.3, -0.25) is 0 Å². The van der Waals surface area contributed by atoms with E-state index >= 15 is 0 Å². The van der Waals surface area contributed by atoms with Gasteiger partial charge < -0.3 is 10.1 Å². The number of hydrogen-bond donors (Lipinski definition) is 1. The van der Waals surface area contributed by atoms with Crippen molar-refractivity contribution >= 4 is 23.3 Å². The first kappa shape index (κ1) is 15.3. The average Bonchev–Trinajstić information content (AvgIpc) is 2.49. The molecule has 0 bridgehead atoms. The first-order valence-electron chi connectivity index (χ1n) is 6.41. The van der Waals surface area contributed by atoms with Gasteiger partial charge in [0.1, 0.15) is 5.82 Å². The lowest BCUT2D eigenvalue weighted by molar-refractivity contribution is 0.0602. The summed E-state index contributed by atoms with van der Waals surface area (Å²) in [5.41, 5.74) is 1.92. The Labute approximate surface area is 127 Å². The maximum Gasteiger partial charge on any atom is 0.339 e. The number of esters is 1. The highest BCUT2D eigenvalue weighted by atomic mass is 35.5. The minimum absolute atomic E-state index is 0.0717. The van der Waals surface area contributed by atoms with Gasteiger partial charge in [-0.25, -0.2) is 9.18 Å². The van der Waals surface area contributed by atoms with Crippen LogP contribution < -0.4 is 5.32 Å². The number of methoxy groups -OCH3 is 1. The number of para-hydroxylation sites is 1. The third-order valence-corrected chi connectivity index (χ3v) is 3.44. The van der Waals surface area contributed by atoms with Crippen LogP contribution in [0.1, 0.15) is 28.9 Å². The first-order valence-corrected chi connectivity index (χ1v) is 6.79.